The van der Waals surface area contributed by atoms with Gasteiger partial charge in [-0.3, -0.25) is 4.79 Å². The second kappa shape index (κ2) is 11.2. The first kappa shape index (κ1) is 28.0. The van der Waals surface area contributed by atoms with E-state index in [4.69, 9.17) is 9.47 Å². The zero-order valence-electron chi connectivity index (χ0n) is 23.8. The standard InChI is InChI=1S/C34H42O4S/c1-32(2,3)38-31(35)15-6-5-11-21-37-26-16-17-28-30(23-26)39-29-14-8-7-13-27(29)34(28,36)25-18-20-33(4)19-10-9-12-24(33)22-25/h7-8,13-14,16-18,20,22-24,36H,5-6,9-12,15,19,21H2,1-4H3/t24?,33-,34?/m0/s1. The number of unbranched alkanes of at least 4 members (excludes halogenated alkanes) is 2. The fourth-order valence-corrected chi connectivity index (χ4v) is 7.41. The molecule has 0 spiro atoms. The van der Waals surface area contributed by atoms with Gasteiger partial charge in [-0.05, 0) is 88.0 Å². The van der Waals surface area contributed by atoms with Crippen LogP contribution in [0.3, 0.4) is 0 Å². The zero-order chi connectivity index (χ0) is 27.7. The van der Waals surface area contributed by atoms with Gasteiger partial charge >= 0.3 is 5.97 Å². The summed E-state index contributed by atoms with van der Waals surface area (Å²) in [5, 5.41) is 12.5. The van der Waals surface area contributed by atoms with Crippen LogP contribution in [0.2, 0.25) is 0 Å². The van der Waals surface area contributed by atoms with Crippen LogP contribution in [0.5, 0.6) is 5.75 Å². The highest BCUT2D eigenvalue weighted by atomic mass is 32.2. The summed E-state index contributed by atoms with van der Waals surface area (Å²) in [6, 6.07) is 14.3. The number of ether oxygens (including phenoxy) is 2. The Morgan fingerprint density at radius 3 is 2.67 bits per heavy atom. The van der Waals surface area contributed by atoms with Gasteiger partial charge in [-0.1, -0.05) is 74.0 Å². The SMILES string of the molecule is CC(C)(C)OC(=O)CCCCCOc1ccc2c(c1)Sc1ccccc1C2(O)C1=CC2CCCC[C@@]2(C)C=C1. The van der Waals surface area contributed by atoms with Crippen molar-refractivity contribution >= 4 is 17.7 Å². The molecule has 0 radical (unpaired) electrons. The average Bonchev–Trinajstić information content (AvgIpc) is 2.89. The topological polar surface area (TPSA) is 55.8 Å². The van der Waals surface area contributed by atoms with E-state index in [1.54, 1.807) is 11.8 Å². The van der Waals surface area contributed by atoms with Crippen LogP contribution in [-0.2, 0) is 15.1 Å². The van der Waals surface area contributed by atoms with Crippen LogP contribution in [0.25, 0.3) is 0 Å². The number of esters is 1. The maximum absolute atomic E-state index is 12.5. The van der Waals surface area contributed by atoms with Gasteiger partial charge in [0, 0.05) is 27.3 Å². The molecule has 2 unspecified atom stereocenters. The van der Waals surface area contributed by atoms with Gasteiger partial charge in [0.15, 0.2) is 0 Å². The minimum Gasteiger partial charge on any atom is -0.494 e. The van der Waals surface area contributed by atoms with Crippen molar-refractivity contribution in [2.45, 2.75) is 100 Å². The Bertz CT molecular complexity index is 1270. The molecule has 1 aliphatic heterocycles. The van der Waals surface area contributed by atoms with E-state index in [0.29, 0.717) is 18.9 Å². The lowest BCUT2D eigenvalue weighted by Gasteiger charge is -2.44. The Kier molecular flexibility index (Phi) is 8.03. The molecule has 2 aromatic rings. The van der Waals surface area contributed by atoms with Crippen molar-refractivity contribution in [1.82, 2.24) is 0 Å². The Labute approximate surface area is 237 Å². The van der Waals surface area contributed by atoms with Gasteiger partial charge in [0.1, 0.15) is 17.0 Å². The van der Waals surface area contributed by atoms with Gasteiger partial charge in [-0.15, -0.1) is 0 Å². The Morgan fingerprint density at radius 2 is 1.85 bits per heavy atom. The van der Waals surface area contributed by atoms with Crippen LogP contribution in [-0.4, -0.2) is 23.3 Å². The van der Waals surface area contributed by atoms with Crippen LogP contribution >= 0.6 is 11.8 Å². The van der Waals surface area contributed by atoms with Crippen molar-refractivity contribution in [3.63, 3.8) is 0 Å². The number of aliphatic hydroxyl groups is 1. The molecule has 3 atom stereocenters. The molecule has 1 N–H and O–H groups in total. The molecule has 0 saturated heterocycles. The van der Waals surface area contributed by atoms with Gasteiger partial charge < -0.3 is 14.6 Å². The normalized spacial score (nSPS) is 25.7. The average molecular weight is 547 g/mol. The van der Waals surface area contributed by atoms with Crippen molar-refractivity contribution in [1.29, 1.82) is 0 Å². The molecule has 5 rings (SSSR count). The summed E-state index contributed by atoms with van der Waals surface area (Å²) >= 11 is 1.70. The molecule has 4 nitrogen and oxygen atoms in total. The van der Waals surface area contributed by atoms with Crippen molar-refractivity contribution in [2.24, 2.45) is 11.3 Å². The third-order valence-electron chi connectivity index (χ3n) is 8.32. The Morgan fingerprint density at radius 1 is 1.05 bits per heavy atom. The minimum atomic E-state index is -1.19. The number of rotatable bonds is 8. The van der Waals surface area contributed by atoms with Crippen LogP contribution in [0.15, 0.2) is 76.1 Å². The second-order valence-corrected chi connectivity index (χ2v) is 13.6. The quantitative estimate of drug-likeness (QED) is 0.266. The van der Waals surface area contributed by atoms with Crippen molar-refractivity contribution in [2.75, 3.05) is 6.61 Å². The van der Waals surface area contributed by atoms with Crippen LogP contribution < -0.4 is 4.74 Å². The fraction of sp³-hybridized carbons (Fsp3) is 0.500. The summed E-state index contributed by atoms with van der Waals surface area (Å²) in [5.74, 6) is 1.13. The molecule has 1 saturated carbocycles. The Balaban J connectivity index is 1.29. The highest BCUT2D eigenvalue weighted by Crippen LogP contribution is 2.55. The van der Waals surface area contributed by atoms with E-state index in [9.17, 15) is 9.90 Å². The molecule has 5 heteroatoms. The molecule has 0 amide bonds. The molecular formula is C34H42O4S. The predicted molar refractivity (Wildman–Crippen MR) is 157 cm³/mol. The second-order valence-electron chi connectivity index (χ2n) is 12.5. The zero-order valence-corrected chi connectivity index (χ0v) is 24.6. The van der Waals surface area contributed by atoms with Gasteiger partial charge in [-0.2, -0.15) is 0 Å². The maximum Gasteiger partial charge on any atom is 0.306 e. The first-order chi connectivity index (χ1) is 18.6. The highest BCUT2D eigenvalue weighted by Gasteiger charge is 2.45. The molecule has 3 aliphatic rings. The monoisotopic (exact) mass is 546 g/mol. The van der Waals surface area contributed by atoms with Crippen LogP contribution in [0, 0.1) is 11.3 Å². The van der Waals surface area contributed by atoms with Crippen molar-refractivity contribution in [3.05, 3.63) is 77.4 Å². The largest absolute Gasteiger partial charge is 0.494 e. The maximum atomic E-state index is 12.5. The van der Waals surface area contributed by atoms with Crippen LogP contribution in [0.1, 0.15) is 90.2 Å². The molecule has 0 aromatic heterocycles. The summed E-state index contributed by atoms with van der Waals surface area (Å²) in [4.78, 5) is 14.0. The number of fused-ring (bicyclic) bond motifs is 3. The van der Waals surface area contributed by atoms with Gasteiger partial charge in [0.05, 0.1) is 6.61 Å². The van der Waals surface area contributed by atoms with E-state index >= 15 is 0 Å². The number of benzene rings is 2. The third kappa shape index (κ3) is 6.00. The molecule has 1 heterocycles. The highest BCUT2D eigenvalue weighted by molar-refractivity contribution is 7.99. The number of carbonyl (C=O) groups excluding carboxylic acids is 1. The summed E-state index contributed by atoms with van der Waals surface area (Å²) in [7, 11) is 0. The summed E-state index contributed by atoms with van der Waals surface area (Å²) in [5.41, 5.74) is 1.43. The number of allylic oxidation sites excluding steroid dienone is 2. The molecule has 2 aliphatic carbocycles. The molecule has 0 bridgehead atoms. The first-order valence-electron chi connectivity index (χ1n) is 14.5. The molecular weight excluding hydrogens is 504 g/mol. The van der Waals surface area contributed by atoms with E-state index < -0.39 is 11.2 Å². The minimum absolute atomic E-state index is 0.140. The number of hydrogen-bond donors (Lipinski definition) is 1. The summed E-state index contributed by atoms with van der Waals surface area (Å²) in [6.07, 6.45) is 14.8. The predicted octanol–water partition coefficient (Wildman–Crippen LogP) is 8.36. The smallest absolute Gasteiger partial charge is 0.306 e. The lowest BCUT2D eigenvalue weighted by atomic mass is 9.63. The molecule has 2 aromatic carbocycles. The van der Waals surface area contributed by atoms with Crippen LogP contribution in [0.4, 0.5) is 0 Å². The first-order valence-corrected chi connectivity index (χ1v) is 15.3. The Hall–Kier alpha value is -2.50. The lowest BCUT2D eigenvalue weighted by molar-refractivity contribution is -0.154. The number of carbonyl (C=O) groups is 1. The van der Waals surface area contributed by atoms with Crippen molar-refractivity contribution in [3.8, 4) is 5.75 Å². The van der Waals surface area contributed by atoms with E-state index in [0.717, 1.165) is 51.5 Å². The van der Waals surface area contributed by atoms with Gasteiger partial charge in [0.2, 0.25) is 0 Å². The van der Waals surface area contributed by atoms with E-state index in [2.05, 4.69) is 43.4 Å². The fourth-order valence-electron chi connectivity index (χ4n) is 6.20. The lowest BCUT2D eigenvalue weighted by Crippen LogP contribution is -2.37. The molecule has 1 fully saturated rings. The van der Waals surface area contributed by atoms with Gasteiger partial charge in [-0.25, -0.2) is 0 Å². The van der Waals surface area contributed by atoms with Gasteiger partial charge in [0.25, 0.3) is 0 Å². The summed E-state index contributed by atoms with van der Waals surface area (Å²) < 4.78 is 11.5. The van der Waals surface area contributed by atoms with Crippen molar-refractivity contribution < 1.29 is 19.4 Å². The number of hydrogen-bond acceptors (Lipinski definition) is 5. The van der Waals surface area contributed by atoms with E-state index in [-0.39, 0.29) is 11.4 Å². The molecule has 208 valence electrons. The molecule has 39 heavy (non-hydrogen) atoms. The van der Waals surface area contributed by atoms with E-state index in [1.807, 2.05) is 45.0 Å². The van der Waals surface area contributed by atoms with E-state index in [1.165, 1.54) is 25.7 Å². The summed E-state index contributed by atoms with van der Waals surface area (Å²) in [6.45, 7) is 8.63. The third-order valence-corrected chi connectivity index (χ3v) is 9.46.